The zero-order valence-corrected chi connectivity index (χ0v) is 10.9. The van der Waals surface area contributed by atoms with Crippen LogP contribution in [0.2, 0.25) is 0 Å². The van der Waals surface area contributed by atoms with Gasteiger partial charge < -0.3 is 0 Å². The van der Waals surface area contributed by atoms with E-state index in [0.717, 1.165) is 0 Å². The normalized spacial score (nSPS) is 6.85. The lowest BCUT2D eigenvalue weighted by Gasteiger charge is -1.94. The lowest BCUT2D eigenvalue weighted by molar-refractivity contribution is 0.638. The fraction of sp³-hybridized carbons (Fsp3) is 0.636. The predicted molar refractivity (Wildman–Crippen MR) is 75.6 cm³/mol. The summed E-state index contributed by atoms with van der Waals surface area (Å²) in [4.78, 5) is 0. The Labute approximate surface area is 98.4 Å². The molecule has 0 aromatic heterocycles. The van der Waals surface area contributed by atoms with E-state index in [2.05, 4.69) is 26.7 Å². The number of rotatable bonds is 6. The van der Waals surface area contributed by atoms with Crippen molar-refractivity contribution in [2.45, 2.75) is 45.4 Å². The summed E-state index contributed by atoms with van der Waals surface area (Å²) in [5.74, 6) is 0. The highest BCUT2D eigenvalue weighted by molar-refractivity contribution is 7.59. The molecular weight excluding hydrogens is 196 g/mol. The SMILES string of the molecule is C=C.C=CCCCCCCC.S.S. The molecule has 0 saturated carbocycles. The largest absolute Gasteiger partial charge is 0.197 e. The fourth-order valence-corrected chi connectivity index (χ4v) is 0.892. The maximum absolute atomic E-state index is 3.68. The average Bonchev–Trinajstić information content (AvgIpc) is 2.08. The van der Waals surface area contributed by atoms with E-state index in [0.29, 0.717) is 0 Å². The Morgan fingerprint density at radius 1 is 0.923 bits per heavy atom. The summed E-state index contributed by atoms with van der Waals surface area (Å²) in [5, 5.41) is 0. The van der Waals surface area contributed by atoms with Crippen molar-refractivity contribution < 1.29 is 0 Å². The molecule has 0 aromatic rings. The van der Waals surface area contributed by atoms with Crippen molar-refractivity contribution in [2.24, 2.45) is 0 Å². The molecular formula is C11H26S2. The second-order valence-electron chi connectivity index (χ2n) is 2.49. The van der Waals surface area contributed by atoms with Gasteiger partial charge in [-0.25, -0.2) is 0 Å². The van der Waals surface area contributed by atoms with Crippen LogP contribution < -0.4 is 0 Å². The van der Waals surface area contributed by atoms with Gasteiger partial charge in [0.15, 0.2) is 0 Å². The molecule has 0 nitrogen and oxygen atoms in total. The highest BCUT2D eigenvalue weighted by atomic mass is 32.1. The van der Waals surface area contributed by atoms with E-state index in [9.17, 15) is 0 Å². The highest BCUT2D eigenvalue weighted by Crippen LogP contribution is 2.04. The molecule has 0 aliphatic rings. The van der Waals surface area contributed by atoms with Crippen molar-refractivity contribution in [2.75, 3.05) is 0 Å². The highest BCUT2D eigenvalue weighted by Gasteiger charge is 1.84. The Bertz CT molecular complexity index is 72.5. The third-order valence-corrected chi connectivity index (χ3v) is 1.51. The Hall–Kier alpha value is 0.180. The van der Waals surface area contributed by atoms with Gasteiger partial charge in [-0.3, -0.25) is 0 Å². The summed E-state index contributed by atoms with van der Waals surface area (Å²) < 4.78 is 0. The van der Waals surface area contributed by atoms with Crippen molar-refractivity contribution in [1.29, 1.82) is 0 Å². The van der Waals surface area contributed by atoms with E-state index in [-0.39, 0.29) is 27.0 Å². The summed E-state index contributed by atoms with van der Waals surface area (Å²) in [6, 6.07) is 0. The van der Waals surface area contributed by atoms with Crippen LogP contribution in [0.3, 0.4) is 0 Å². The third kappa shape index (κ3) is 33.0. The first-order valence-electron chi connectivity index (χ1n) is 4.52. The molecule has 0 atom stereocenters. The molecule has 0 bridgehead atoms. The van der Waals surface area contributed by atoms with Gasteiger partial charge in [-0.15, -0.1) is 19.7 Å². The molecule has 0 unspecified atom stereocenters. The van der Waals surface area contributed by atoms with Gasteiger partial charge in [0.2, 0.25) is 0 Å². The standard InChI is InChI=1S/C9H18.C2H4.2H2S/c1-3-5-7-9-8-6-4-2;1-2;;/h3H,1,4-9H2,2H3;1-2H2;2*1H2. The molecule has 0 aliphatic heterocycles. The first-order chi connectivity index (χ1) is 5.41. The van der Waals surface area contributed by atoms with Crippen LogP contribution in [0.15, 0.2) is 25.8 Å². The Balaban J connectivity index is -0.0000000941. The van der Waals surface area contributed by atoms with E-state index < -0.39 is 0 Å². The Morgan fingerprint density at radius 3 is 1.77 bits per heavy atom. The molecule has 0 aromatic carbocycles. The van der Waals surface area contributed by atoms with Crippen LogP contribution in [0.5, 0.6) is 0 Å². The molecule has 0 rings (SSSR count). The maximum Gasteiger partial charge on any atom is -0.0353 e. The zero-order valence-electron chi connectivity index (χ0n) is 8.94. The molecule has 0 aliphatic carbocycles. The lowest BCUT2D eigenvalue weighted by Crippen LogP contribution is -1.74. The van der Waals surface area contributed by atoms with Crippen molar-refractivity contribution in [3.05, 3.63) is 25.8 Å². The number of unbranched alkanes of at least 4 members (excludes halogenated alkanes) is 5. The van der Waals surface area contributed by atoms with Crippen molar-refractivity contribution in [3.8, 4) is 0 Å². The van der Waals surface area contributed by atoms with E-state index in [1.807, 2.05) is 6.08 Å². The van der Waals surface area contributed by atoms with Crippen LogP contribution in [0.4, 0.5) is 0 Å². The molecule has 0 heterocycles. The minimum atomic E-state index is 0. The summed E-state index contributed by atoms with van der Waals surface area (Å²) in [6.07, 6.45) is 10.1. The van der Waals surface area contributed by atoms with Crippen LogP contribution in [0, 0.1) is 0 Å². The summed E-state index contributed by atoms with van der Waals surface area (Å²) in [6.45, 7) is 11.9. The van der Waals surface area contributed by atoms with Gasteiger partial charge in [-0.1, -0.05) is 38.7 Å². The van der Waals surface area contributed by atoms with Crippen LogP contribution in [0.1, 0.15) is 45.4 Å². The molecule has 82 valence electrons. The van der Waals surface area contributed by atoms with E-state index in [1.54, 1.807) is 0 Å². The van der Waals surface area contributed by atoms with Gasteiger partial charge in [-0.05, 0) is 12.8 Å². The van der Waals surface area contributed by atoms with Crippen LogP contribution in [0.25, 0.3) is 0 Å². The smallest absolute Gasteiger partial charge is 0.0353 e. The molecule has 2 heteroatoms. The molecule has 0 amide bonds. The Kier molecular flexibility index (Phi) is 52.7. The number of allylic oxidation sites excluding steroid dienone is 1. The van der Waals surface area contributed by atoms with E-state index in [4.69, 9.17) is 0 Å². The van der Waals surface area contributed by atoms with Crippen LogP contribution in [-0.4, -0.2) is 0 Å². The third-order valence-electron chi connectivity index (χ3n) is 1.51. The summed E-state index contributed by atoms with van der Waals surface area (Å²) in [7, 11) is 0. The first kappa shape index (κ1) is 23.2. The summed E-state index contributed by atoms with van der Waals surface area (Å²) >= 11 is 0. The molecule has 13 heavy (non-hydrogen) atoms. The topological polar surface area (TPSA) is 0 Å². The molecule has 0 radical (unpaired) electrons. The van der Waals surface area contributed by atoms with Gasteiger partial charge in [-0.2, -0.15) is 27.0 Å². The Morgan fingerprint density at radius 2 is 1.38 bits per heavy atom. The van der Waals surface area contributed by atoms with E-state index >= 15 is 0 Å². The van der Waals surface area contributed by atoms with Gasteiger partial charge >= 0.3 is 0 Å². The quantitative estimate of drug-likeness (QED) is 0.456. The number of hydrogen-bond acceptors (Lipinski definition) is 0. The van der Waals surface area contributed by atoms with E-state index in [1.165, 1.54) is 38.5 Å². The van der Waals surface area contributed by atoms with Crippen molar-refractivity contribution >= 4 is 27.0 Å². The second-order valence-corrected chi connectivity index (χ2v) is 2.49. The maximum atomic E-state index is 3.68. The minimum absolute atomic E-state index is 0. The van der Waals surface area contributed by atoms with Gasteiger partial charge in [0.05, 0.1) is 0 Å². The monoisotopic (exact) mass is 222 g/mol. The molecule has 0 N–H and O–H groups in total. The average molecular weight is 222 g/mol. The first-order valence-corrected chi connectivity index (χ1v) is 4.52. The summed E-state index contributed by atoms with van der Waals surface area (Å²) in [5.41, 5.74) is 0. The van der Waals surface area contributed by atoms with Gasteiger partial charge in [0.25, 0.3) is 0 Å². The van der Waals surface area contributed by atoms with Crippen molar-refractivity contribution in [1.82, 2.24) is 0 Å². The second kappa shape index (κ2) is 29.5. The predicted octanol–water partition coefficient (Wildman–Crippen LogP) is 4.56. The van der Waals surface area contributed by atoms with Gasteiger partial charge in [0, 0.05) is 0 Å². The van der Waals surface area contributed by atoms with Crippen LogP contribution >= 0.6 is 27.0 Å². The van der Waals surface area contributed by atoms with Gasteiger partial charge in [0.1, 0.15) is 0 Å². The molecule has 0 saturated heterocycles. The lowest BCUT2D eigenvalue weighted by atomic mass is 10.1. The van der Waals surface area contributed by atoms with Crippen LogP contribution in [-0.2, 0) is 0 Å². The van der Waals surface area contributed by atoms with Crippen molar-refractivity contribution in [3.63, 3.8) is 0 Å². The fourth-order valence-electron chi connectivity index (χ4n) is 0.892. The zero-order chi connectivity index (χ0) is 8.95. The number of hydrogen-bond donors (Lipinski definition) is 0. The molecule has 0 fully saturated rings. The minimum Gasteiger partial charge on any atom is -0.197 e. The molecule has 0 spiro atoms.